The number of nitrogens with zero attached hydrogens (tertiary/aromatic N) is 4. The summed E-state index contributed by atoms with van der Waals surface area (Å²) in [5.41, 5.74) is 8.21. The van der Waals surface area contributed by atoms with Crippen LogP contribution < -0.4 is 10.5 Å². The minimum absolute atomic E-state index is 0.195. The van der Waals surface area contributed by atoms with Crippen LogP contribution in [-0.4, -0.2) is 41.1 Å². The first kappa shape index (κ1) is 22.8. The summed E-state index contributed by atoms with van der Waals surface area (Å²) in [6.45, 7) is 5.08. The normalized spacial score (nSPS) is 15.7. The van der Waals surface area contributed by atoms with Crippen molar-refractivity contribution in [2.45, 2.75) is 18.9 Å². The molecule has 0 amide bonds. The zero-order valence-electron chi connectivity index (χ0n) is 18.1. The Kier molecular flexibility index (Phi) is 7.79. The summed E-state index contributed by atoms with van der Waals surface area (Å²) in [5.74, 6) is 1.96. The van der Waals surface area contributed by atoms with Crippen molar-refractivity contribution >= 4 is 12.1 Å². The molecule has 3 aromatic rings. The van der Waals surface area contributed by atoms with Crippen LogP contribution in [0.1, 0.15) is 24.4 Å². The van der Waals surface area contributed by atoms with E-state index >= 15 is 0 Å². The van der Waals surface area contributed by atoms with Gasteiger partial charge in [-0.2, -0.15) is 10.4 Å². The number of rotatable bonds is 5. The average Bonchev–Trinajstić information content (AvgIpc) is 3.16. The van der Waals surface area contributed by atoms with E-state index in [1.54, 1.807) is 0 Å². The van der Waals surface area contributed by atoms with Crippen molar-refractivity contribution < 1.29 is 9.53 Å². The summed E-state index contributed by atoms with van der Waals surface area (Å²) in [7, 11) is 2.10. The van der Waals surface area contributed by atoms with Crippen molar-refractivity contribution in [3.05, 3.63) is 72.8 Å². The SMILES string of the molecule is C=CC=O.CN1CCCC(n2nc(-c3ccc(Oc4ccccc4)cc3)c(C#N)c2N)C1. The monoisotopic (exact) mass is 429 g/mol. The molecule has 4 rings (SSSR count). The predicted molar refractivity (Wildman–Crippen MR) is 125 cm³/mol. The quantitative estimate of drug-likeness (QED) is 0.476. The average molecular weight is 430 g/mol. The lowest BCUT2D eigenvalue weighted by Crippen LogP contribution is -2.34. The van der Waals surface area contributed by atoms with E-state index < -0.39 is 0 Å². The molecule has 1 fully saturated rings. The number of carbonyl (C=O) groups excluding carboxylic acids is 1. The van der Waals surface area contributed by atoms with Gasteiger partial charge in [0.1, 0.15) is 40.9 Å². The topological polar surface area (TPSA) is 97.2 Å². The number of piperidine rings is 1. The van der Waals surface area contributed by atoms with Gasteiger partial charge >= 0.3 is 0 Å². The zero-order valence-corrected chi connectivity index (χ0v) is 18.1. The Balaban J connectivity index is 0.000000668. The highest BCUT2D eigenvalue weighted by Crippen LogP contribution is 2.32. The van der Waals surface area contributed by atoms with Crippen molar-refractivity contribution in [3.63, 3.8) is 0 Å². The van der Waals surface area contributed by atoms with Gasteiger partial charge in [0.05, 0.1) is 6.04 Å². The standard InChI is InChI=1S/C22H23N5O.C3H4O/c1-26-13-5-6-17(15-26)27-22(24)20(14-23)21(25-27)16-9-11-19(12-10-16)28-18-7-3-2-4-8-18;1-2-3-4/h2-4,7-12,17H,5-6,13,15,24H2,1H3;2-3H,1H2. The molecule has 1 aliphatic heterocycles. The van der Waals surface area contributed by atoms with Crippen LogP contribution >= 0.6 is 0 Å². The first-order valence-electron chi connectivity index (χ1n) is 10.4. The number of nitriles is 1. The lowest BCUT2D eigenvalue weighted by Gasteiger charge is -2.30. The van der Waals surface area contributed by atoms with E-state index in [0.29, 0.717) is 23.4 Å². The Morgan fingerprint density at radius 1 is 1.19 bits per heavy atom. The van der Waals surface area contributed by atoms with Gasteiger partial charge in [0.15, 0.2) is 0 Å². The smallest absolute Gasteiger partial charge is 0.142 e. The van der Waals surface area contributed by atoms with Gasteiger partial charge in [-0.3, -0.25) is 4.79 Å². The Hall–Kier alpha value is -3.89. The molecule has 2 aromatic carbocycles. The molecule has 1 saturated heterocycles. The van der Waals surface area contributed by atoms with E-state index in [1.807, 2.05) is 59.3 Å². The summed E-state index contributed by atoms with van der Waals surface area (Å²) >= 11 is 0. The highest BCUT2D eigenvalue weighted by Gasteiger charge is 2.25. The largest absolute Gasteiger partial charge is 0.457 e. The number of likely N-dealkylation sites (N-methyl/N-ethyl adjacent to an activating group) is 1. The summed E-state index contributed by atoms with van der Waals surface area (Å²) in [5, 5.41) is 14.4. The fraction of sp³-hybridized carbons (Fsp3) is 0.240. The van der Waals surface area contributed by atoms with E-state index in [0.717, 1.165) is 43.0 Å². The molecule has 7 nitrogen and oxygen atoms in total. The van der Waals surface area contributed by atoms with E-state index in [2.05, 4.69) is 24.6 Å². The molecule has 2 heterocycles. The van der Waals surface area contributed by atoms with Gasteiger partial charge in [-0.15, -0.1) is 0 Å². The van der Waals surface area contributed by atoms with Crippen LogP contribution in [0.15, 0.2) is 67.3 Å². The van der Waals surface area contributed by atoms with Gasteiger partial charge in [0.25, 0.3) is 0 Å². The number of nitrogen functional groups attached to an aromatic ring is 1. The lowest BCUT2D eigenvalue weighted by molar-refractivity contribution is -0.104. The third-order valence-corrected chi connectivity index (χ3v) is 5.21. The molecule has 1 atom stereocenters. The number of para-hydroxylation sites is 1. The maximum Gasteiger partial charge on any atom is 0.142 e. The van der Waals surface area contributed by atoms with E-state index in [9.17, 15) is 5.26 Å². The number of nitrogens with two attached hydrogens (primary N) is 1. The molecular formula is C25H27N5O2. The van der Waals surface area contributed by atoms with Crippen LogP contribution in [0.5, 0.6) is 11.5 Å². The second-order valence-electron chi connectivity index (χ2n) is 7.53. The van der Waals surface area contributed by atoms with Crippen molar-refractivity contribution in [1.29, 1.82) is 5.26 Å². The first-order valence-corrected chi connectivity index (χ1v) is 10.4. The fourth-order valence-electron chi connectivity index (χ4n) is 3.68. The first-order chi connectivity index (χ1) is 15.6. The van der Waals surface area contributed by atoms with Crippen LogP contribution in [0.2, 0.25) is 0 Å². The van der Waals surface area contributed by atoms with Crippen LogP contribution in [0.4, 0.5) is 5.82 Å². The van der Waals surface area contributed by atoms with Gasteiger partial charge in [-0.25, -0.2) is 4.68 Å². The summed E-state index contributed by atoms with van der Waals surface area (Å²) in [6, 6.07) is 19.7. The third kappa shape index (κ3) is 5.42. The molecule has 164 valence electrons. The van der Waals surface area contributed by atoms with Crippen molar-refractivity contribution in [3.8, 4) is 28.8 Å². The highest BCUT2D eigenvalue weighted by molar-refractivity contribution is 5.73. The highest BCUT2D eigenvalue weighted by atomic mass is 16.5. The van der Waals surface area contributed by atoms with Crippen LogP contribution in [-0.2, 0) is 4.79 Å². The van der Waals surface area contributed by atoms with Gasteiger partial charge < -0.3 is 15.4 Å². The number of anilines is 1. The number of aldehydes is 1. The number of allylic oxidation sites excluding steroid dienone is 1. The van der Waals surface area contributed by atoms with Crippen molar-refractivity contribution in [1.82, 2.24) is 14.7 Å². The van der Waals surface area contributed by atoms with Crippen LogP contribution in [0.3, 0.4) is 0 Å². The molecule has 0 saturated carbocycles. The molecule has 1 aliphatic rings. The maximum atomic E-state index is 9.66. The molecule has 0 bridgehead atoms. The second kappa shape index (κ2) is 10.9. The van der Waals surface area contributed by atoms with E-state index in [1.165, 1.54) is 6.08 Å². The van der Waals surface area contributed by atoms with E-state index in [4.69, 9.17) is 20.4 Å². The number of aromatic nitrogens is 2. The fourth-order valence-corrected chi connectivity index (χ4v) is 3.68. The second-order valence-corrected chi connectivity index (χ2v) is 7.53. The molecule has 7 heteroatoms. The minimum Gasteiger partial charge on any atom is -0.457 e. The van der Waals surface area contributed by atoms with Gasteiger partial charge in [-0.05, 0) is 68.9 Å². The summed E-state index contributed by atoms with van der Waals surface area (Å²) in [4.78, 5) is 11.3. The number of benzene rings is 2. The number of carbonyl (C=O) groups is 1. The molecule has 1 aromatic heterocycles. The Bertz CT molecular complexity index is 1080. The van der Waals surface area contributed by atoms with Crippen LogP contribution in [0, 0.1) is 11.3 Å². The van der Waals surface area contributed by atoms with E-state index in [-0.39, 0.29) is 6.04 Å². The molecule has 32 heavy (non-hydrogen) atoms. The number of likely N-dealkylation sites (tertiary alicyclic amines) is 1. The Labute approximate surface area is 188 Å². The Morgan fingerprint density at radius 3 is 2.44 bits per heavy atom. The lowest BCUT2D eigenvalue weighted by atomic mass is 10.1. The molecule has 0 aliphatic carbocycles. The number of hydrogen-bond acceptors (Lipinski definition) is 6. The molecule has 1 unspecified atom stereocenters. The maximum absolute atomic E-state index is 9.66. The Morgan fingerprint density at radius 2 is 1.84 bits per heavy atom. The minimum atomic E-state index is 0.195. The molecule has 2 N–H and O–H groups in total. The zero-order chi connectivity index (χ0) is 22.9. The predicted octanol–water partition coefficient (Wildman–Crippen LogP) is 4.43. The third-order valence-electron chi connectivity index (χ3n) is 5.21. The van der Waals surface area contributed by atoms with Gasteiger partial charge in [0, 0.05) is 12.1 Å². The molecule has 0 spiro atoms. The number of hydrogen-bond donors (Lipinski definition) is 1. The molecule has 0 radical (unpaired) electrons. The van der Waals surface area contributed by atoms with Crippen molar-refractivity contribution in [2.75, 3.05) is 25.9 Å². The van der Waals surface area contributed by atoms with Gasteiger partial charge in [0.2, 0.25) is 0 Å². The molecular weight excluding hydrogens is 402 g/mol. The number of ether oxygens (including phenoxy) is 1. The van der Waals surface area contributed by atoms with Crippen LogP contribution in [0.25, 0.3) is 11.3 Å². The van der Waals surface area contributed by atoms with Crippen molar-refractivity contribution in [2.24, 2.45) is 0 Å². The summed E-state index contributed by atoms with van der Waals surface area (Å²) in [6.07, 6.45) is 3.95. The van der Waals surface area contributed by atoms with Gasteiger partial charge in [-0.1, -0.05) is 24.8 Å². The summed E-state index contributed by atoms with van der Waals surface area (Å²) < 4.78 is 7.67.